The molecule has 0 saturated heterocycles. The molecule has 0 aliphatic carbocycles. The van der Waals surface area contributed by atoms with Crippen LogP contribution in [0.4, 0.5) is 5.69 Å². The second kappa shape index (κ2) is 10.2. The Labute approximate surface area is 164 Å². The summed E-state index contributed by atoms with van der Waals surface area (Å²) in [5.74, 6) is -1.48. The van der Waals surface area contributed by atoms with Gasteiger partial charge in [-0.1, -0.05) is 37.3 Å². The van der Waals surface area contributed by atoms with E-state index in [-0.39, 0.29) is 23.6 Å². The van der Waals surface area contributed by atoms with Crippen molar-refractivity contribution in [1.29, 1.82) is 0 Å². The third-order valence-corrected chi connectivity index (χ3v) is 4.12. The van der Waals surface area contributed by atoms with Gasteiger partial charge in [0, 0.05) is 12.2 Å². The van der Waals surface area contributed by atoms with Crippen molar-refractivity contribution in [3.05, 3.63) is 65.2 Å². The smallest absolute Gasteiger partial charge is 0.337 e. The number of amides is 1. The number of hydrogen-bond donors (Lipinski definition) is 1. The molecule has 28 heavy (non-hydrogen) atoms. The Morgan fingerprint density at radius 1 is 0.929 bits per heavy atom. The van der Waals surface area contributed by atoms with Crippen LogP contribution in [0.1, 0.15) is 33.2 Å². The fourth-order valence-electron chi connectivity index (χ4n) is 2.70. The number of hydrogen-bond acceptors (Lipinski definition) is 6. The van der Waals surface area contributed by atoms with E-state index in [1.807, 2.05) is 42.2 Å². The third-order valence-electron chi connectivity index (χ3n) is 4.12. The van der Waals surface area contributed by atoms with Crippen molar-refractivity contribution >= 4 is 23.5 Å². The van der Waals surface area contributed by atoms with Crippen molar-refractivity contribution in [2.45, 2.75) is 13.5 Å². The summed E-state index contributed by atoms with van der Waals surface area (Å²) in [4.78, 5) is 38.2. The van der Waals surface area contributed by atoms with E-state index in [0.717, 1.165) is 5.56 Å². The Kier molecular flexibility index (Phi) is 7.71. The maximum absolute atomic E-state index is 12.5. The van der Waals surface area contributed by atoms with Gasteiger partial charge in [0.25, 0.3) is 0 Å². The van der Waals surface area contributed by atoms with E-state index >= 15 is 0 Å². The largest absolute Gasteiger partial charge is 0.465 e. The van der Waals surface area contributed by atoms with Crippen molar-refractivity contribution in [3.63, 3.8) is 0 Å². The second-order valence-electron chi connectivity index (χ2n) is 6.12. The summed E-state index contributed by atoms with van der Waals surface area (Å²) in [7, 11) is 2.49. The Morgan fingerprint density at radius 2 is 1.50 bits per heavy atom. The molecule has 2 aromatic rings. The van der Waals surface area contributed by atoms with Crippen LogP contribution in [0.25, 0.3) is 0 Å². The molecule has 0 spiro atoms. The number of methoxy groups -OCH3 is 2. The molecular formula is C21H24N2O5. The lowest BCUT2D eigenvalue weighted by atomic mass is 10.1. The Morgan fingerprint density at radius 3 is 2.00 bits per heavy atom. The third kappa shape index (κ3) is 5.92. The zero-order valence-electron chi connectivity index (χ0n) is 16.2. The fraction of sp³-hybridized carbons (Fsp3) is 0.286. The van der Waals surface area contributed by atoms with E-state index in [0.29, 0.717) is 18.8 Å². The first kappa shape index (κ1) is 21.1. The predicted molar refractivity (Wildman–Crippen MR) is 105 cm³/mol. The van der Waals surface area contributed by atoms with Crippen LogP contribution in [-0.4, -0.2) is 50.1 Å². The molecule has 0 aromatic heterocycles. The number of rotatable bonds is 8. The molecule has 0 aliphatic rings. The van der Waals surface area contributed by atoms with E-state index < -0.39 is 11.9 Å². The van der Waals surface area contributed by atoms with Crippen molar-refractivity contribution in [3.8, 4) is 0 Å². The van der Waals surface area contributed by atoms with E-state index in [1.54, 1.807) is 0 Å². The number of carbonyl (C=O) groups excluding carboxylic acids is 3. The van der Waals surface area contributed by atoms with Gasteiger partial charge in [-0.2, -0.15) is 0 Å². The lowest BCUT2D eigenvalue weighted by Gasteiger charge is -2.20. The number of carbonyl (C=O) groups is 3. The molecule has 0 saturated carbocycles. The average Bonchev–Trinajstić information content (AvgIpc) is 2.72. The molecule has 2 rings (SSSR count). The summed E-state index contributed by atoms with van der Waals surface area (Å²) in [6, 6.07) is 14.1. The first-order valence-electron chi connectivity index (χ1n) is 8.84. The standard InChI is InChI=1S/C21H24N2O5/c1-4-23(13-15-8-6-5-7-9-15)14-19(24)22-18-11-16(20(25)27-2)10-17(12-18)21(26)28-3/h5-12H,4,13-14H2,1-3H3,(H,22,24). The lowest BCUT2D eigenvalue weighted by molar-refractivity contribution is -0.117. The lowest BCUT2D eigenvalue weighted by Crippen LogP contribution is -2.32. The van der Waals surface area contributed by atoms with E-state index in [1.165, 1.54) is 32.4 Å². The minimum Gasteiger partial charge on any atom is -0.465 e. The van der Waals surface area contributed by atoms with Gasteiger partial charge in [-0.15, -0.1) is 0 Å². The number of anilines is 1. The van der Waals surface area contributed by atoms with Crippen LogP contribution >= 0.6 is 0 Å². The van der Waals surface area contributed by atoms with Crippen LogP contribution in [0.2, 0.25) is 0 Å². The highest BCUT2D eigenvalue weighted by molar-refractivity contribution is 5.99. The summed E-state index contributed by atoms with van der Waals surface area (Å²) < 4.78 is 9.40. The van der Waals surface area contributed by atoms with E-state index in [9.17, 15) is 14.4 Å². The zero-order chi connectivity index (χ0) is 20.5. The van der Waals surface area contributed by atoms with Crippen LogP contribution < -0.4 is 5.32 Å². The number of likely N-dealkylation sites (N-methyl/N-ethyl adjacent to an activating group) is 1. The average molecular weight is 384 g/mol. The highest BCUT2D eigenvalue weighted by atomic mass is 16.5. The molecule has 0 radical (unpaired) electrons. The SMILES string of the molecule is CCN(CC(=O)Nc1cc(C(=O)OC)cc(C(=O)OC)c1)Cc1ccccc1. The van der Waals surface area contributed by atoms with E-state index in [4.69, 9.17) is 9.47 Å². The molecule has 1 amide bonds. The van der Waals surface area contributed by atoms with Crippen molar-refractivity contribution in [2.24, 2.45) is 0 Å². The summed E-state index contributed by atoms with van der Waals surface area (Å²) in [5.41, 5.74) is 1.73. The topological polar surface area (TPSA) is 84.9 Å². The molecule has 0 aliphatic heterocycles. The maximum Gasteiger partial charge on any atom is 0.337 e. The van der Waals surface area contributed by atoms with Gasteiger partial charge in [0.05, 0.1) is 31.9 Å². The molecular weight excluding hydrogens is 360 g/mol. The van der Waals surface area contributed by atoms with Crippen LogP contribution in [0.5, 0.6) is 0 Å². The van der Waals surface area contributed by atoms with Gasteiger partial charge in [0.1, 0.15) is 0 Å². The molecule has 2 aromatic carbocycles. The second-order valence-corrected chi connectivity index (χ2v) is 6.12. The molecule has 7 heteroatoms. The van der Waals surface area contributed by atoms with Crippen molar-refractivity contribution in [1.82, 2.24) is 4.90 Å². The van der Waals surface area contributed by atoms with Gasteiger partial charge in [-0.25, -0.2) is 9.59 Å². The van der Waals surface area contributed by atoms with E-state index in [2.05, 4.69) is 5.32 Å². The summed E-state index contributed by atoms with van der Waals surface area (Å²) >= 11 is 0. The molecule has 148 valence electrons. The van der Waals surface area contributed by atoms with Crippen molar-refractivity contribution in [2.75, 3.05) is 32.6 Å². The molecule has 0 bridgehead atoms. The summed E-state index contributed by atoms with van der Waals surface area (Å²) in [6.07, 6.45) is 0. The van der Waals surface area contributed by atoms with Crippen LogP contribution in [-0.2, 0) is 20.8 Å². The Bertz CT molecular complexity index is 802. The number of ether oxygens (including phenoxy) is 2. The first-order chi connectivity index (χ1) is 13.5. The first-order valence-corrected chi connectivity index (χ1v) is 8.84. The summed E-state index contributed by atoms with van der Waals surface area (Å²) in [5, 5.41) is 2.74. The van der Waals surface area contributed by atoms with Gasteiger partial charge in [0.15, 0.2) is 0 Å². The van der Waals surface area contributed by atoms with Gasteiger partial charge in [-0.3, -0.25) is 9.69 Å². The molecule has 0 unspecified atom stereocenters. The highest BCUT2D eigenvalue weighted by Gasteiger charge is 2.16. The normalized spacial score (nSPS) is 10.4. The fourth-order valence-corrected chi connectivity index (χ4v) is 2.70. The van der Waals surface area contributed by atoms with Crippen LogP contribution in [0.15, 0.2) is 48.5 Å². The van der Waals surface area contributed by atoms with Crippen molar-refractivity contribution < 1.29 is 23.9 Å². The van der Waals surface area contributed by atoms with Gasteiger partial charge in [0.2, 0.25) is 5.91 Å². The van der Waals surface area contributed by atoms with Gasteiger partial charge < -0.3 is 14.8 Å². The maximum atomic E-state index is 12.5. The minimum absolute atomic E-state index is 0.150. The quantitative estimate of drug-likeness (QED) is 0.705. The molecule has 0 heterocycles. The minimum atomic E-state index is -0.611. The number of nitrogens with one attached hydrogen (secondary N) is 1. The molecule has 1 N–H and O–H groups in total. The monoisotopic (exact) mass is 384 g/mol. The molecule has 0 atom stereocenters. The Hall–Kier alpha value is -3.19. The Balaban J connectivity index is 2.12. The number of benzene rings is 2. The van der Waals surface area contributed by atoms with Gasteiger partial charge in [-0.05, 0) is 30.3 Å². The predicted octanol–water partition coefficient (Wildman–Crippen LogP) is 2.72. The zero-order valence-corrected chi connectivity index (χ0v) is 16.2. The number of nitrogens with zero attached hydrogens (tertiary/aromatic N) is 1. The van der Waals surface area contributed by atoms with Gasteiger partial charge >= 0.3 is 11.9 Å². The van der Waals surface area contributed by atoms with Crippen LogP contribution in [0.3, 0.4) is 0 Å². The molecule has 0 fully saturated rings. The highest BCUT2D eigenvalue weighted by Crippen LogP contribution is 2.17. The number of esters is 2. The van der Waals surface area contributed by atoms with Crippen LogP contribution in [0, 0.1) is 0 Å². The molecule has 7 nitrogen and oxygen atoms in total. The summed E-state index contributed by atoms with van der Waals surface area (Å²) in [6.45, 7) is 3.48.